The number of hydrogen-bond donors (Lipinski definition) is 2. The Balaban J connectivity index is 0.000000163. The Hall–Kier alpha value is -2.82. The topological polar surface area (TPSA) is 125 Å². The number of carbonyl (C=O) groups is 2. The van der Waals surface area contributed by atoms with Crippen LogP contribution in [0.25, 0.3) is 0 Å². The summed E-state index contributed by atoms with van der Waals surface area (Å²) in [5, 5.41) is 15.7. The number of aromatic amines is 1. The summed E-state index contributed by atoms with van der Waals surface area (Å²) in [5.41, 5.74) is 6.89. The van der Waals surface area contributed by atoms with Crippen molar-refractivity contribution in [3.05, 3.63) is 24.4 Å². The van der Waals surface area contributed by atoms with Crippen LogP contribution in [-0.2, 0) is 9.53 Å². The van der Waals surface area contributed by atoms with Gasteiger partial charge in [-0.1, -0.05) is 25.5 Å². The lowest BCUT2D eigenvalue weighted by Crippen LogP contribution is -2.48. The fraction of sp³-hybridized carbons (Fsp3) is 0.680. The maximum atomic E-state index is 11.9. The van der Waals surface area contributed by atoms with E-state index in [9.17, 15) is 9.59 Å². The van der Waals surface area contributed by atoms with E-state index < -0.39 is 0 Å². The average molecular weight is 454 g/mol. The number of ether oxygens (including phenoxy) is 1. The zero-order chi connectivity index (χ0) is 23.4. The molecule has 3 heterocycles. The summed E-state index contributed by atoms with van der Waals surface area (Å²) in [6.45, 7) is 3.73. The molecule has 1 aromatic rings. The fourth-order valence-corrected chi connectivity index (χ4v) is 6.49. The standard InChI is InChI=1S/C14H18N2O3.C11H17N3/c1-2-7-19-14(18)16-11-3-4-12(16)9-10(8-11)13(17)5-6-15;12-11-6-10(13-14-11)9-4-7-1-2-8(3-7)5-9/h2,10-12H,1,3-5,7-9H2;6-9H,1-5H2,(H3,12,13,14). The number of rotatable bonds is 5. The largest absolute Gasteiger partial charge is 0.445 e. The Labute approximate surface area is 195 Å². The van der Waals surface area contributed by atoms with E-state index in [-0.39, 0.29) is 42.9 Å². The van der Waals surface area contributed by atoms with Gasteiger partial charge in [0.15, 0.2) is 0 Å². The number of nitrogens with one attached hydrogen (secondary N) is 1. The number of hydrogen-bond acceptors (Lipinski definition) is 6. The molecule has 4 bridgehead atoms. The predicted molar refractivity (Wildman–Crippen MR) is 124 cm³/mol. The molecule has 4 aliphatic rings. The second-order valence-electron chi connectivity index (χ2n) is 10.1. The molecule has 4 atom stereocenters. The number of amides is 1. The summed E-state index contributed by atoms with van der Waals surface area (Å²) >= 11 is 0. The number of nitrogens with zero attached hydrogens (tertiary/aromatic N) is 3. The molecule has 0 radical (unpaired) electrons. The minimum atomic E-state index is -0.307. The molecule has 1 amide bonds. The summed E-state index contributed by atoms with van der Waals surface area (Å²) in [6, 6.07) is 4.09. The molecule has 8 nitrogen and oxygen atoms in total. The van der Waals surface area contributed by atoms with Gasteiger partial charge in [0.2, 0.25) is 0 Å². The highest BCUT2D eigenvalue weighted by Crippen LogP contribution is 2.48. The first-order valence-electron chi connectivity index (χ1n) is 12.2. The lowest BCUT2D eigenvalue weighted by atomic mass is 9.79. The Bertz CT molecular complexity index is 880. The Kier molecular flexibility index (Phi) is 7.36. The van der Waals surface area contributed by atoms with Gasteiger partial charge in [-0.05, 0) is 56.8 Å². The number of anilines is 1. The smallest absolute Gasteiger partial charge is 0.410 e. The van der Waals surface area contributed by atoms with Crippen molar-refractivity contribution in [1.29, 1.82) is 5.26 Å². The highest BCUT2D eigenvalue weighted by atomic mass is 16.6. The quantitative estimate of drug-likeness (QED) is 0.640. The third-order valence-electron chi connectivity index (χ3n) is 7.92. The maximum Gasteiger partial charge on any atom is 0.410 e. The van der Waals surface area contributed by atoms with Crippen molar-refractivity contribution >= 4 is 17.7 Å². The first-order chi connectivity index (χ1) is 16.0. The molecule has 33 heavy (non-hydrogen) atoms. The number of nitrogen functional groups attached to an aromatic ring is 1. The minimum absolute atomic E-state index is 0.0125. The van der Waals surface area contributed by atoms with Crippen molar-refractivity contribution in [3.63, 3.8) is 0 Å². The molecule has 3 N–H and O–H groups in total. The van der Waals surface area contributed by atoms with Gasteiger partial charge in [-0.2, -0.15) is 10.4 Å². The van der Waals surface area contributed by atoms with Crippen LogP contribution in [0, 0.1) is 29.1 Å². The molecule has 2 aliphatic heterocycles. The van der Waals surface area contributed by atoms with E-state index in [0.29, 0.717) is 24.6 Å². The molecule has 4 unspecified atom stereocenters. The van der Waals surface area contributed by atoms with Crippen LogP contribution in [0.5, 0.6) is 0 Å². The highest BCUT2D eigenvalue weighted by molar-refractivity contribution is 5.83. The van der Waals surface area contributed by atoms with Crippen LogP contribution in [0.4, 0.5) is 10.6 Å². The van der Waals surface area contributed by atoms with Gasteiger partial charge in [0.1, 0.15) is 18.2 Å². The number of Topliss-reactive ketones (excluding diaryl/α,β-unsaturated/α-hetero) is 1. The third kappa shape index (κ3) is 5.40. The molecular formula is C25H35N5O3. The van der Waals surface area contributed by atoms with Crippen molar-refractivity contribution in [3.8, 4) is 6.07 Å². The van der Waals surface area contributed by atoms with Crippen LogP contribution in [0.2, 0.25) is 0 Å². The Morgan fingerprint density at radius 2 is 1.85 bits per heavy atom. The monoisotopic (exact) mass is 453 g/mol. The average Bonchev–Trinajstić information content (AvgIpc) is 3.47. The molecule has 5 rings (SSSR count). The van der Waals surface area contributed by atoms with Crippen molar-refractivity contribution in [2.75, 3.05) is 12.3 Å². The van der Waals surface area contributed by atoms with Crippen LogP contribution in [0.15, 0.2) is 18.7 Å². The van der Waals surface area contributed by atoms with Crippen LogP contribution in [-0.4, -0.2) is 45.7 Å². The van der Waals surface area contributed by atoms with Crippen molar-refractivity contribution < 1.29 is 14.3 Å². The summed E-state index contributed by atoms with van der Waals surface area (Å²) in [6.07, 6.45) is 11.5. The van der Waals surface area contributed by atoms with E-state index in [1.54, 1.807) is 11.0 Å². The third-order valence-corrected chi connectivity index (χ3v) is 7.92. The van der Waals surface area contributed by atoms with E-state index in [2.05, 4.69) is 16.8 Å². The Morgan fingerprint density at radius 3 is 2.39 bits per heavy atom. The van der Waals surface area contributed by atoms with Gasteiger partial charge in [0, 0.05) is 35.7 Å². The molecule has 2 aliphatic carbocycles. The second-order valence-corrected chi connectivity index (χ2v) is 10.1. The van der Waals surface area contributed by atoms with Crippen LogP contribution in [0.1, 0.15) is 75.8 Å². The summed E-state index contributed by atoms with van der Waals surface area (Å²) in [7, 11) is 0. The van der Waals surface area contributed by atoms with Gasteiger partial charge >= 0.3 is 6.09 Å². The predicted octanol–water partition coefficient (Wildman–Crippen LogP) is 4.32. The van der Waals surface area contributed by atoms with Crippen LogP contribution in [0.3, 0.4) is 0 Å². The van der Waals surface area contributed by atoms with Gasteiger partial charge in [0.25, 0.3) is 0 Å². The summed E-state index contributed by atoms with van der Waals surface area (Å²) in [5.74, 6) is 3.23. The molecular weight excluding hydrogens is 418 g/mol. The number of aromatic nitrogens is 2. The molecule has 0 spiro atoms. The number of carbonyl (C=O) groups excluding carboxylic acids is 2. The van der Waals surface area contributed by atoms with Crippen molar-refractivity contribution in [2.45, 2.75) is 82.2 Å². The zero-order valence-electron chi connectivity index (χ0n) is 19.2. The number of piperidine rings is 1. The van der Waals surface area contributed by atoms with Crippen molar-refractivity contribution in [1.82, 2.24) is 15.1 Å². The lowest BCUT2D eigenvalue weighted by Gasteiger charge is -2.37. The second kappa shape index (κ2) is 10.4. The van der Waals surface area contributed by atoms with Crippen molar-refractivity contribution in [2.24, 2.45) is 17.8 Å². The number of nitrogens with two attached hydrogens (primary N) is 1. The lowest BCUT2D eigenvalue weighted by molar-refractivity contribution is -0.124. The van der Waals surface area contributed by atoms with Crippen LogP contribution < -0.4 is 5.73 Å². The molecule has 2 saturated carbocycles. The molecule has 0 aromatic carbocycles. The molecule has 2 saturated heterocycles. The number of fused-ring (bicyclic) bond motifs is 4. The number of ketones is 1. The van der Waals surface area contributed by atoms with Crippen LogP contribution >= 0.6 is 0 Å². The number of nitriles is 1. The Morgan fingerprint density at radius 1 is 1.18 bits per heavy atom. The molecule has 4 fully saturated rings. The molecule has 178 valence electrons. The van der Waals surface area contributed by atoms with Gasteiger partial charge in [-0.15, -0.1) is 0 Å². The maximum absolute atomic E-state index is 11.9. The van der Waals surface area contributed by atoms with Gasteiger partial charge in [-0.25, -0.2) is 4.79 Å². The number of H-pyrrole nitrogens is 1. The molecule has 8 heteroatoms. The van der Waals surface area contributed by atoms with E-state index in [1.165, 1.54) is 37.8 Å². The van der Waals surface area contributed by atoms with Gasteiger partial charge in [0.05, 0.1) is 12.5 Å². The molecule has 1 aromatic heterocycles. The minimum Gasteiger partial charge on any atom is -0.445 e. The zero-order valence-corrected chi connectivity index (χ0v) is 19.2. The van der Waals surface area contributed by atoms with E-state index in [0.717, 1.165) is 24.7 Å². The van der Waals surface area contributed by atoms with E-state index in [4.69, 9.17) is 15.7 Å². The van der Waals surface area contributed by atoms with E-state index in [1.807, 2.05) is 12.1 Å². The van der Waals surface area contributed by atoms with E-state index >= 15 is 0 Å². The summed E-state index contributed by atoms with van der Waals surface area (Å²) in [4.78, 5) is 25.5. The summed E-state index contributed by atoms with van der Waals surface area (Å²) < 4.78 is 5.09. The normalized spacial score (nSPS) is 31.8. The first kappa shape index (κ1) is 23.3. The van der Waals surface area contributed by atoms with Gasteiger partial charge < -0.3 is 15.4 Å². The first-order valence-corrected chi connectivity index (χ1v) is 12.2. The SMILES string of the molecule is C=CCOC(=O)N1C2CCC1CC(C(=O)CC#N)C2.Nc1cc(C2CC3CCC(C3)C2)[nH]n1. The van der Waals surface area contributed by atoms with Gasteiger partial charge in [-0.3, -0.25) is 9.89 Å². The fourth-order valence-electron chi connectivity index (χ4n) is 6.49. The highest BCUT2D eigenvalue weighted by Gasteiger charge is 2.45.